The molecule has 0 unspecified atom stereocenters. The van der Waals surface area contributed by atoms with E-state index in [1.807, 2.05) is 50.2 Å². The Balaban J connectivity index is 0.000000150. The number of aromatic nitrogens is 5. The van der Waals surface area contributed by atoms with E-state index in [2.05, 4.69) is 298 Å². The van der Waals surface area contributed by atoms with Crippen molar-refractivity contribution in [3.05, 3.63) is 315 Å². The van der Waals surface area contributed by atoms with Crippen LogP contribution in [0.4, 0.5) is 17.1 Å². The average Bonchev–Trinajstić information content (AvgIpc) is 4.33. The standard InChI is InChI=1S/C37H25N3.C37H27N3.C2H6/c1-2-10-29(11-3-1)40-36-17-9-6-14-33(36)38-37(40)28-20-18-26(19-21-28)27-22-24-30(25-23-27)39-34-15-7-4-12-31(34)32-13-5-8-16-35(32)39;1-4-12-31(13-5-1)39(32-14-6-2-7-15-32)34-26-24-29(25-27-34)28-20-22-30(23-21-28)37-38-35-18-10-11-19-36(35)40(37)33-16-8-3-9-17-33;1-2/h1-25H;1-27H;1-2H3. The lowest BCUT2D eigenvalue weighted by atomic mass is 10.0. The van der Waals surface area contributed by atoms with Gasteiger partial charge in [0, 0.05) is 56.0 Å². The van der Waals surface area contributed by atoms with E-state index < -0.39 is 0 Å². The fourth-order valence-corrected chi connectivity index (χ4v) is 11.1. The maximum absolute atomic E-state index is 5.01. The summed E-state index contributed by atoms with van der Waals surface area (Å²) in [6, 6.07) is 111. The molecule has 82 heavy (non-hydrogen) atoms. The van der Waals surface area contributed by atoms with Gasteiger partial charge in [-0.1, -0.05) is 220 Å². The third kappa shape index (κ3) is 9.80. The minimum Gasteiger partial charge on any atom is -0.311 e. The van der Waals surface area contributed by atoms with Gasteiger partial charge in [0.1, 0.15) is 11.6 Å². The van der Waals surface area contributed by atoms with Crippen LogP contribution in [-0.4, -0.2) is 23.7 Å². The number of hydrogen-bond donors (Lipinski definition) is 0. The van der Waals surface area contributed by atoms with Gasteiger partial charge in [-0.3, -0.25) is 9.13 Å². The zero-order valence-corrected chi connectivity index (χ0v) is 45.7. The van der Waals surface area contributed by atoms with Gasteiger partial charge in [-0.2, -0.15) is 0 Å². The highest BCUT2D eigenvalue weighted by atomic mass is 15.1. The van der Waals surface area contributed by atoms with Crippen LogP contribution in [0.5, 0.6) is 0 Å². The molecule has 12 aromatic carbocycles. The Morgan fingerprint density at radius 3 is 0.915 bits per heavy atom. The van der Waals surface area contributed by atoms with E-state index in [4.69, 9.17) is 9.97 Å². The monoisotopic (exact) mass is 1050 g/mol. The second-order valence-corrected chi connectivity index (χ2v) is 19.8. The first-order valence-electron chi connectivity index (χ1n) is 28.1. The number of hydrogen-bond acceptors (Lipinski definition) is 3. The second-order valence-electron chi connectivity index (χ2n) is 19.8. The molecule has 0 atom stereocenters. The van der Waals surface area contributed by atoms with Crippen molar-refractivity contribution in [1.29, 1.82) is 0 Å². The lowest BCUT2D eigenvalue weighted by molar-refractivity contribution is 1.10. The Labute approximate surface area is 478 Å². The molecule has 3 heterocycles. The molecule has 0 bridgehead atoms. The summed E-state index contributed by atoms with van der Waals surface area (Å²) in [4.78, 5) is 12.3. The van der Waals surface area contributed by atoms with E-state index in [1.165, 1.54) is 44.1 Å². The Hall–Kier alpha value is -10.8. The van der Waals surface area contributed by atoms with E-state index in [-0.39, 0.29) is 0 Å². The molecule has 0 saturated carbocycles. The van der Waals surface area contributed by atoms with Gasteiger partial charge < -0.3 is 9.47 Å². The molecule has 0 fully saturated rings. The Bertz CT molecular complexity index is 4490. The zero-order valence-electron chi connectivity index (χ0n) is 45.7. The number of rotatable bonds is 10. The number of anilines is 3. The molecule has 0 aliphatic carbocycles. The topological polar surface area (TPSA) is 43.8 Å². The van der Waals surface area contributed by atoms with E-state index in [0.717, 1.165) is 79.0 Å². The van der Waals surface area contributed by atoms with Crippen molar-refractivity contribution >= 4 is 60.9 Å². The minimum atomic E-state index is 0.940. The van der Waals surface area contributed by atoms with Crippen LogP contribution in [0, 0.1) is 0 Å². The molecule has 6 heteroatoms. The van der Waals surface area contributed by atoms with Crippen LogP contribution < -0.4 is 4.90 Å². The molecular formula is C76H58N6. The Morgan fingerprint density at radius 1 is 0.232 bits per heavy atom. The van der Waals surface area contributed by atoms with Gasteiger partial charge in [0.2, 0.25) is 0 Å². The van der Waals surface area contributed by atoms with Gasteiger partial charge >= 0.3 is 0 Å². The number of fused-ring (bicyclic) bond motifs is 5. The van der Waals surface area contributed by atoms with Crippen LogP contribution in [0.3, 0.4) is 0 Å². The maximum Gasteiger partial charge on any atom is 0.145 e. The quantitative estimate of drug-likeness (QED) is 0.137. The van der Waals surface area contributed by atoms with Crippen LogP contribution in [0.25, 0.3) is 106 Å². The minimum absolute atomic E-state index is 0.940. The van der Waals surface area contributed by atoms with Crippen LogP contribution in [0.15, 0.2) is 315 Å². The molecule has 0 radical (unpaired) electrons. The summed E-state index contributed by atoms with van der Waals surface area (Å²) in [5.41, 5.74) is 20.3. The summed E-state index contributed by atoms with van der Waals surface area (Å²) < 4.78 is 6.83. The molecule has 0 spiro atoms. The van der Waals surface area contributed by atoms with Crippen LogP contribution in [0.1, 0.15) is 13.8 Å². The first-order chi connectivity index (χ1) is 40.7. The van der Waals surface area contributed by atoms with Gasteiger partial charge in [0.05, 0.1) is 33.1 Å². The predicted molar refractivity (Wildman–Crippen MR) is 344 cm³/mol. The molecule has 15 rings (SSSR count). The molecule has 0 N–H and O–H groups in total. The number of benzene rings is 12. The van der Waals surface area contributed by atoms with Crippen molar-refractivity contribution < 1.29 is 0 Å². The molecular weight excluding hydrogens is 997 g/mol. The molecule has 0 amide bonds. The Morgan fingerprint density at radius 2 is 0.512 bits per heavy atom. The number of para-hydroxylation sites is 10. The van der Waals surface area contributed by atoms with Gasteiger partial charge in [-0.25, -0.2) is 9.97 Å². The van der Waals surface area contributed by atoms with Crippen molar-refractivity contribution in [2.24, 2.45) is 0 Å². The van der Waals surface area contributed by atoms with Crippen molar-refractivity contribution in [1.82, 2.24) is 23.7 Å². The molecule has 0 saturated heterocycles. The van der Waals surface area contributed by atoms with Crippen molar-refractivity contribution in [3.63, 3.8) is 0 Å². The summed E-state index contributed by atoms with van der Waals surface area (Å²) >= 11 is 0. The number of imidazole rings is 2. The molecule has 392 valence electrons. The van der Waals surface area contributed by atoms with E-state index >= 15 is 0 Å². The predicted octanol–water partition coefficient (Wildman–Crippen LogP) is 20.3. The summed E-state index contributed by atoms with van der Waals surface area (Å²) in [6.07, 6.45) is 0. The lowest BCUT2D eigenvalue weighted by Crippen LogP contribution is -2.09. The molecule has 0 aliphatic heterocycles. The fraction of sp³-hybridized carbons (Fsp3) is 0.0263. The van der Waals surface area contributed by atoms with E-state index in [1.54, 1.807) is 0 Å². The summed E-state index contributed by atoms with van der Waals surface area (Å²) in [6.45, 7) is 4.00. The SMILES string of the molecule is CC.c1ccc(-n2c(-c3ccc(-c4ccc(-n5c6ccccc6c6ccccc65)cc4)cc3)nc3ccccc32)cc1.c1ccc(N(c2ccccc2)c2ccc(-c3ccc(-c4nc5ccccc5n4-c4ccccc4)cc3)cc2)cc1. The van der Waals surface area contributed by atoms with E-state index in [9.17, 15) is 0 Å². The Kier molecular flexibility index (Phi) is 14.1. The first-order valence-corrected chi connectivity index (χ1v) is 28.1. The molecule has 6 nitrogen and oxygen atoms in total. The smallest absolute Gasteiger partial charge is 0.145 e. The van der Waals surface area contributed by atoms with E-state index in [0.29, 0.717) is 0 Å². The van der Waals surface area contributed by atoms with Gasteiger partial charge in [0.25, 0.3) is 0 Å². The first kappa shape index (κ1) is 50.7. The van der Waals surface area contributed by atoms with Crippen molar-refractivity contribution in [2.75, 3.05) is 4.90 Å². The van der Waals surface area contributed by atoms with Crippen LogP contribution >= 0.6 is 0 Å². The maximum atomic E-state index is 5.01. The summed E-state index contributed by atoms with van der Waals surface area (Å²) in [5, 5.41) is 2.55. The number of nitrogens with zero attached hydrogens (tertiary/aromatic N) is 6. The zero-order chi connectivity index (χ0) is 55.2. The highest BCUT2D eigenvalue weighted by Crippen LogP contribution is 2.38. The highest BCUT2D eigenvalue weighted by molar-refractivity contribution is 6.09. The van der Waals surface area contributed by atoms with Crippen molar-refractivity contribution in [2.45, 2.75) is 13.8 Å². The van der Waals surface area contributed by atoms with Crippen molar-refractivity contribution in [3.8, 4) is 62.1 Å². The fourth-order valence-electron chi connectivity index (χ4n) is 11.1. The van der Waals surface area contributed by atoms with Gasteiger partial charge in [0.15, 0.2) is 0 Å². The average molecular weight is 1060 g/mol. The third-order valence-electron chi connectivity index (χ3n) is 15.0. The lowest BCUT2D eigenvalue weighted by Gasteiger charge is -2.25. The largest absolute Gasteiger partial charge is 0.311 e. The van der Waals surface area contributed by atoms with Crippen LogP contribution in [-0.2, 0) is 0 Å². The van der Waals surface area contributed by atoms with Crippen LogP contribution in [0.2, 0.25) is 0 Å². The highest BCUT2D eigenvalue weighted by Gasteiger charge is 2.18. The molecule has 15 aromatic rings. The normalized spacial score (nSPS) is 11.0. The van der Waals surface area contributed by atoms with Gasteiger partial charge in [-0.15, -0.1) is 0 Å². The summed E-state index contributed by atoms with van der Waals surface area (Å²) in [7, 11) is 0. The third-order valence-corrected chi connectivity index (χ3v) is 15.0. The molecule has 0 aliphatic rings. The molecule has 3 aromatic heterocycles. The summed E-state index contributed by atoms with van der Waals surface area (Å²) in [5.74, 6) is 1.89. The second kappa shape index (κ2) is 22.9. The van der Waals surface area contributed by atoms with Gasteiger partial charge in [-0.05, 0) is 131 Å².